The molecule has 0 radical (unpaired) electrons. The zero-order valence-electron chi connectivity index (χ0n) is 17.2. The van der Waals surface area contributed by atoms with Crippen molar-refractivity contribution < 1.29 is 13.9 Å². The zero-order valence-corrected chi connectivity index (χ0v) is 18.2. The summed E-state index contributed by atoms with van der Waals surface area (Å²) in [6, 6.07) is 5.02. The number of nitrogens with zero attached hydrogens (tertiary/aromatic N) is 1. The molecule has 0 bridgehead atoms. The summed E-state index contributed by atoms with van der Waals surface area (Å²) in [6.45, 7) is 14.2. The first-order valence-electron chi connectivity index (χ1n) is 10.3. The van der Waals surface area contributed by atoms with Crippen molar-refractivity contribution in [2.24, 2.45) is 0 Å². The molecule has 27 heavy (non-hydrogen) atoms. The summed E-state index contributed by atoms with van der Waals surface area (Å²) in [5.41, 5.74) is 4.46. The molecule has 5 heteroatoms. The minimum Gasteiger partial charge on any atom is -0.454 e. The van der Waals surface area contributed by atoms with Gasteiger partial charge in [-0.3, -0.25) is 4.90 Å². The molecule has 5 rings (SSSR count). The largest absolute Gasteiger partial charge is 0.454 e. The average Bonchev–Trinajstić information content (AvgIpc) is 3.19. The van der Waals surface area contributed by atoms with E-state index < -0.39 is 8.32 Å². The third-order valence-corrected chi connectivity index (χ3v) is 11.9. The second kappa shape index (κ2) is 5.85. The molecule has 3 aliphatic heterocycles. The van der Waals surface area contributed by atoms with Crippen LogP contribution in [0.3, 0.4) is 0 Å². The second-order valence-electron chi connectivity index (χ2n) is 10.1. The van der Waals surface area contributed by atoms with Crippen LogP contribution < -0.4 is 9.47 Å². The second-order valence-corrected chi connectivity index (χ2v) is 14.8. The lowest BCUT2D eigenvalue weighted by Crippen LogP contribution is -2.47. The molecule has 1 aliphatic carbocycles. The number of rotatable bonds is 2. The van der Waals surface area contributed by atoms with Gasteiger partial charge < -0.3 is 13.9 Å². The van der Waals surface area contributed by atoms with E-state index in [0.717, 1.165) is 31.0 Å². The van der Waals surface area contributed by atoms with Crippen molar-refractivity contribution in [1.82, 2.24) is 4.90 Å². The van der Waals surface area contributed by atoms with Crippen molar-refractivity contribution in [1.29, 1.82) is 0 Å². The Labute approximate surface area is 163 Å². The Morgan fingerprint density at radius 2 is 1.89 bits per heavy atom. The zero-order chi connectivity index (χ0) is 19.0. The monoisotopic (exact) mass is 385 g/mol. The first kappa shape index (κ1) is 17.8. The Kier molecular flexibility index (Phi) is 3.85. The van der Waals surface area contributed by atoms with Gasteiger partial charge in [-0.05, 0) is 54.2 Å². The van der Waals surface area contributed by atoms with Crippen LogP contribution in [0, 0.1) is 0 Å². The van der Waals surface area contributed by atoms with Crippen molar-refractivity contribution in [3.05, 3.63) is 34.9 Å². The molecule has 0 amide bonds. The molecule has 146 valence electrons. The first-order valence-corrected chi connectivity index (χ1v) is 13.2. The maximum Gasteiger partial charge on any atom is 0.231 e. The molecule has 0 N–H and O–H groups in total. The van der Waals surface area contributed by atoms with Gasteiger partial charge in [0.25, 0.3) is 0 Å². The normalized spacial score (nSPS) is 29.4. The lowest BCUT2D eigenvalue weighted by Gasteiger charge is -2.45. The number of ether oxygens (including phenoxy) is 2. The van der Waals surface area contributed by atoms with Gasteiger partial charge in [-0.1, -0.05) is 32.4 Å². The Morgan fingerprint density at radius 1 is 1.15 bits per heavy atom. The molecule has 0 aromatic heterocycles. The summed E-state index contributed by atoms with van der Waals surface area (Å²) in [5, 5.41) is 0.237. The van der Waals surface area contributed by atoms with E-state index in [4.69, 9.17) is 13.9 Å². The summed E-state index contributed by atoms with van der Waals surface area (Å²) < 4.78 is 18.2. The third-order valence-electron chi connectivity index (χ3n) is 7.39. The Bertz CT molecular complexity index is 811. The molecular formula is C22H31NO3Si. The fourth-order valence-corrected chi connectivity index (χ4v) is 6.26. The van der Waals surface area contributed by atoms with Gasteiger partial charge in [-0.15, -0.1) is 0 Å². The molecule has 3 heterocycles. The molecule has 1 fully saturated rings. The molecule has 3 atom stereocenters. The molecule has 3 unspecified atom stereocenters. The fraction of sp³-hybridized carbons (Fsp3) is 0.636. The lowest BCUT2D eigenvalue weighted by molar-refractivity contribution is 0.145. The molecule has 1 aromatic carbocycles. The standard InChI is InChI=1S/C22H31NO3Si/c1-22(2,3)27(4,5)26-16-8-14-6-7-23-12-15-9-19-20(25-13-24-19)11-17(15)18(10-16)21(14)23/h8-9,11,16,18,21H,6-7,10,12-13H2,1-5H3. The minimum absolute atomic E-state index is 0.235. The van der Waals surface area contributed by atoms with E-state index in [1.165, 1.54) is 17.5 Å². The van der Waals surface area contributed by atoms with Gasteiger partial charge in [0.15, 0.2) is 19.8 Å². The van der Waals surface area contributed by atoms with Crippen LogP contribution in [-0.2, 0) is 11.0 Å². The van der Waals surface area contributed by atoms with E-state index in [0.29, 0.717) is 18.8 Å². The van der Waals surface area contributed by atoms with E-state index in [1.807, 2.05) is 0 Å². The van der Waals surface area contributed by atoms with Gasteiger partial charge >= 0.3 is 0 Å². The number of hydrogen-bond donors (Lipinski definition) is 0. The quantitative estimate of drug-likeness (QED) is 0.540. The predicted molar refractivity (Wildman–Crippen MR) is 109 cm³/mol. The molecular weight excluding hydrogens is 354 g/mol. The molecule has 1 saturated heterocycles. The Hall–Kier alpha value is -1.30. The molecule has 4 aliphatic rings. The van der Waals surface area contributed by atoms with E-state index in [-0.39, 0.29) is 11.1 Å². The Balaban J connectivity index is 1.50. The maximum atomic E-state index is 6.84. The van der Waals surface area contributed by atoms with Gasteiger partial charge in [0.1, 0.15) is 0 Å². The van der Waals surface area contributed by atoms with Crippen LogP contribution in [0.2, 0.25) is 18.1 Å². The van der Waals surface area contributed by atoms with E-state index in [2.05, 4.69) is 57.0 Å². The lowest BCUT2D eigenvalue weighted by atomic mass is 9.75. The predicted octanol–water partition coefficient (Wildman–Crippen LogP) is 4.81. The van der Waals surface area contributed by atoms with E-state index in [9.17, 15) is 0 Å². The number of hydrogen-bond acceptors (Lipinski definition) is 4. The van der Waals surface area contributed by atoms with Gasteiger partial charge in [0, 0.05) is 25.0 Å². The highest BCUT2D eigenvalue weighted by Crippen LogP contribution is 2.50. The van der Waals surface area contributed by atoms with Crippen molar-refractivity contribution in [2.45, 2.75) is 76.4 Å². The highest BCUT2D eigenvalue weighted by molar-refractivity contribution is 6.74. The molecule has 4 nitrogen and oxygen atoms in total. The summed E-state index contributed by atoms with van der Waals surface area (Å²) in [4.78, 5) is 2.66. The topological polar surface area (TPSA) is 30.9 Å². The summed E-state index contributed by atoms with van der Waals surface area (Å²) >= 11 is 0. The third kappa shape index (κ3) is 2.78. The number of benzene rings is 1. The van der Waals surface area contributed by atoms with Crippen LogP contribution in [0.15, 0.2) is 23.8 Å². The van der Waals surface area contributed by atoms with E-state index in [1.54, 1.807) is 5.57 Å². The summed E-state index contributed by atoms with van der Waals surface area (Å²) in [6.07, 6.45) is 4.96. The minimum atomic E-state index is -1.79. The van der Waals surface area contributed by atoms with Crippen molar-refractivity contribution in [3.63, 3.8) is 0 Å². The molecule has 0 spiro atoms. The van der Waals surface area contributed by atoms with Gasteiger partial charge in [0.05, 0.1) is 6.10 Å². The highest BCUT2D eigenvalue weighted by Gasteiger charge is 2.47. The van der Waals surface area contributed by atoms with Crippen LogP contribution in [0.1, 0.15) is 50.7 Å². The van der Waals surface area contributed by atoms with Crippen molar-refractivity contribution in [3.8, 4) is 11.5 Å². The summed E-state index contributed by atoms with van der Waals surface area (Å²) in [5.74, 6) is 2.32. The maximum absolute atomic E-state index is 6.84. The number of fused-ring (bicyclic) bond motifs is 3. The fourth-order valence-electron chi connectivity index (χ4n) is 4.99. The van der Waals surface area contributed by atoms with Crippen LogP contribution in [-0.4, -0.2) is 38.7 Å². The van der Waals surface area contributed by atoms with Gasteiger partial charge in [0.2, 0.25) is 6.79 Å². The highest BCUT2D eigenvalue weighted by atomic mass is 28.4. The smallest absolute Gasteiger partial charge is 0.231 e. The van der Waals surface area contributed by atoms with E-state index >= 15 is 0 Å². The van der Waals surface area contributed by atoms with Gasteiger partial charge in [-0.25, -0.2) is 0 Å². The molecule has 0 saturated carbocycles. The average molecular weight is 386 g/mol. The van der Waals surface area contributed by atoms with Crippen LogP contribution in [0.5, 0.6) is 11.5 Å². The SMILES string of the molecule is CC(C)(C)[Si](C)(C)OC1C=C2CCN3Cc4cc5c(cc4C(C1)C23)OCO5. The molecule has 1 aromatic rings. The first-order chi connectivity index (χ1) is 12.7. The van der Waals surface area contributed by atoms with Crippen LogP contribution in [0.4, 0.5) is 0 Å². The van der Waals surface area contributed by atoms with Crippen molar-refractivity contribution in [2.75, 3.05) is 13.3 Å². The van der Waals surface area contributed by atoms with Crippen LogP contribution >= 0.6 is 0 Å². The Morgan fingerprint density at radius 3 is 2.63 bits per heavy atom. The summed E-state index contributed by atoms with van der Waals surface area (Å²) in [7, 11) is -1.79. The van der Waals surface area contributed by atoms with Crippen LogP contribution in [0.25, 0.3) is 0 Å². The van der Waals surface area contributed by atoms with Crippen molar-refractivity contribution >= 4 is 8.32 Å². The van der Waals surface area contributed by atoms with Gasteiger partial charge in [-0.2, -0.15) is 0 Å².